The fourth-order valence-electron chi connectivity index (χ4n) is 1.68. The maximum absolute atomic E-state index is 11.0. The van der Waals surface area contributed by atoms with Crippen molar-refractivity contribution in [2.75, 3.05) is 16.8 Å². The number of aromatic nitrogens is 1. The van der Waals surface area contributed by atoms with Crippen molar-refractivity contribution in [2.45, 2.75) is 19.4 Å². The number of hydrogen-bond donors (Lipinski definition) is 2. The van der Waals surface area contributed by atoms with Crippen LogP contribution in [0.4, 0.5) is 5.82 Å². The van der Waals surface area contributed by atoms with Crippen molar-refractivity contribution < 1.29 is 9.90 Å². The molecule has 2 heterocycles. The Bertz CT molecular complexity index is 403. The van der Waals surface area contributed by atoms with E-state index in [1.54, 1.807) is 12.1 Å². The quantitative estimate of drug-likeness (QED) is 0.843. The number of pyridine rings is 1. The predicted octanol–water partition coefficient (Wildman–Crippen LogP) is 2.01. The summed E-state index contributed by atoms with van der Waals surface area (Å²) in [5.74, 6) is 1.72. The van der Waals surface area contributed by atoms with Crippen molar-refractivity contribution in [3.05, 3.63) is 23.4 Å². The molecule has 1 aliphatic rings. The van der Waals surface area contributed by atoms with Crippen molar-refractivity contribution in [1.82, 2.24) is 4.98 Å². The van der Waals surface area contributed by atoms with E-state index in [-0.39, 0.29) is 5.56 Å². The molecule has 1 unspecified atom stereocenters. The molecule has 1 aromatic rings. The molecule has 1 aliphatic heterocycles. The summed E-state index contributed by atoms with van der Waals surface area (Å²) in [6.07, 6.45) is 1.07. The first-order valence-corrected chi connectivity index (χ1v) is 6.37. The first-order valence-electron chi connectivity index (χ1n) is 5.22. The molecule has 86 valence electrons. The van der Waals surface area contributed by atoms with Crippen LogP contribution in [0.2, 0.25) is 0 Å². The van der Waals surface area contributed by atoms with Gasteiger partial charge < -0.3 is 10.4 Å². The summed E-state index contributed by atoms with van der Waals surface area (Å²) in [4.78, 5) is 15.3. The lowest BCUT2D eigenvalue weighted by molar-refractivity contribution is 0.0697. The van der Waals surface area contributed by atoms with Crippen molar-refractivity contribution in [2.24, 2.45) is 0 Å². The van der Waals surface area contributed by atoms with Gasteiger partial charge in [0.05, 0.1) is 0 Å². The Labute approximate surface area is 98.5 Å². The highest BCUT2D eigenvalue weighted by Gasteiger charge is 2.19. The smallest absolute Gasteiger partial charge is 0.339 e. The molecule has 0 saturated carbocycles. The maximum Gasteiger partial charge on any atom is 0.339 e. The van der Waals surface area contributed by atoms with Crippen LogP contribution in [0.25, 0.3) is 0 Å². The molecule has 1 atom stereocenters. The first kappa shape index (κ1) is 11.3. The molecule has 0 aliphatic carbocycles. The van der Waals surface area contributed by atoms with Gasteiger partial charge in [0.1, 0.15) is 11.4 Å². The number of hydrogen-bond acceptors (Lipinski definition) is 4. The number of rotatable bonds is 3. The van der Waals surface area contributed by atoms with Crippen molar-refractivity contribution in [1.29, 1.82) is 0 Å². The Balaban J connectivity index is 2.22. The maximum atomic E-state index is 11.0. The van der Waals surface area contributed by atoms with Crippen molar-refractivity contribution >= 4 is 23.5 Å². The van der Waals surface area contributed by atoms with Crippen molar-refractivity contribution in [3.63, 3.8) is 0 Å². The second kappa shape index (κ2) is 4.74. The highest BCUT2D eigenvalue weighted by Crippen LogP contribution is 2.22. The van der Waals surface area contributed by atoms with Gasteiger partial charge >= 0.3 is 5.97 Å². The van der Waals surface area contributed by atoms with Gasteiger partial charge in [-0.3, -0.25) is 0 Å². The van der Waals surface area contributed by atoms with Crippen LogP contribution in [0.3, 0.4) is 0 Å². The number of aromatic carboxylic acids is 1. The van der Waals surface area contributed by atoms with E-state index in [9.17, 15) is 4.79 Å². The van der Waals surface area contributed by atoms with Crippen LogP contribution in [-0.2, 0) is 0 Å². The average Bonchev–Trinajstić information content (AvgIpc) is 2.70. The van der Waals surface area contributed by atoms with Gasteiger partial charge in [-0.1, -0.05) is 0 Å². The lowest BCUT2D eigenvalue weighted by Gasteiger charge is -2.14. The van der Waals surface area contributed by atoms with Crippen LogP contribution in [0.5, 0.6) is 0 Å². The summed E-state index contributed by atoms with van der Waals surface area (Å²) in [6, 6.07) is 3.67. The highest BCUT2D eigenvalue weighted by molar-refractivity contribution is 7.99. The third-order valence-electron chi connectivity index (χ3n) is 2.54. The van der Waals surface area contributed by atoms with Crippen LogP contribution in [-0.4, -0.2) is 33.6 Å². The number of nitrogens with zero attached hydrogens (tertiary/aromatic N) is 1. The number of thioether (sulfide) groups is 1. The number of aryl methyl sites for hydroxylation is 1. The fourth-order valence-corrected chi connectivity index (χ4v) is 2.83. The van der Waals surface area contributed by atoms with E-state index in [1.807, 2.05) is 18.7 Å². The first-order chi connectivity index (χ1) is 7.66. The number of anilines is 1. The molecule has 0 aromatic carbocycles. The Hall–Kier alpha value is -1.23. The minimum Gasteiger partial charge on any atom is -0.478 e. The molecule has 1 fully saturated rings. The number of carboxylic acids is 1. The molecule has 1 saturated heterocycles. The summed E-state index contributed by atoms with van der Waals surface area (Å²) in [5, 5.41) is 12.3. The molecule has 2 N–H and O–H groups in total. The van der Waals surface area contributed by atoms with Gasteiger partial charge in [-0.25, -0.2) is 9.78 Å². The summed E-state index contributed by atoms with van der Waals surface area (Å²) in [7, 11) is 0. The lowest BCUT2D eigenvalue weighted by atomic mass is 10.2. The topological polar surface area (TPSA) is 62.2 Å². The van der Waals surface area contributed by atoms with Gasteiger partial charge in [0.2, 0.25) is 0 Å². The Morgan fingerprint density at radius 1 is 1.62 bits per heavy atom. The third-order valence-corrected chi connectivity index (χ3v) is 3.70. The van der Waals surface area contributed by atoms with Gasteiger partial charge in [-0.2, -0.15) is 11.8 Å². The molecule has 5 heteroatoms. The summed E-state index contributed by atoms with van der Waals surface area (Å²) in [5.41, 5.74) is 1.08. The Morgan fingerprint density at radius 3 is 3.06 bits per heavy atom. The molecule has 4 nitrogen and oxygen atoms in total. The minimum atomic E-state index is -0.930. The van der Waals surface area contributed by atoms with Gasteiger partial charge in [0.25, 0.3) is 0 Å². The van der Waals surface area contributed by atoms with Crippen LogP contribution in [0.1, 0.15) is 22.5 Å². The summed E-state index contributed by atoms with van der Waals surface area (Å²) < 4.78 is 0. The predicted molar refractivity (Wildman–Crippen MR) is 65.3 cm³/mol. The molecule has 16 heavy (non-hydrogen) atoms. The lowest BCUT2D eigenvalue weighted by Crippen LogP contribution is -2.21. The molecule has 0 spiro atoms. The zero-order valence-electron chi connectivity index (χ0n) is 9.06. The second-order valence-electron chi connectivity index (χ2n) is 3.86. The summed E-state index contributed by atoms with van der Waals surface area (Å²) >= 11 is 1.88. The summed E-state index contributed by atoms with van der Waals surface area (Å²) in [6.45, 7) is 1.86. The monoisotopic (exact) mass is 238 g/mol. The SMILES string of the molecule is Cc1ccc(C(=O)O)c(NC2CCSC2)n1. The number of nitrogens with one attached hydrogen (secondary N) is 1. The standard InChI is InChI=1S/C11H14N2O2S/c1-7-2-3-9(11(14)15)10(12-7)13-8-4-5-16-6-8/h2-3,8H,4-6H2,1H3,(H,12,13)(H,14,15). The minimum absolute atomic E-state index is 0.252. The van der Waals surface area contributed by atoms with E-state index < -0.39 is 5.97 Å². The molecule has 0 bridgehead atoms. The van der Waals surface area contributed by atoms with Crippen LogP contribution < -0.4 is 5.32 Å². The number of carboxylic acid groups (broad SMARTS) is 1. The fraction of sp³-hybridized carbons (Fsp3) is 0.455. The normalized spacial score (nSPS) is 19.7. The zero-order chi connectivity index (χ0) is 11.5. The largest absolute Gasteiger partial charge is 0.478 e. The van der Waals surface area contributed by atoms with E-state index >= 15 is 0 Å². The zero-order valence-corrected chi connectivity index (χ0v) is 9.88. The van der Waals surface area contributed by atoms with E-state index in [2.05, 4.69) is 10.3 Å². The van der Waals surface area contributed by atoms with Crippen molar-refractivity contribution in [3.8, 4) is 0 Å². The van der Waals surface area contributed by atoms with Crippen LogP contribution in [0.15, 0.2) is 12.1 Å². The Morgan fingerprint density at radius 2 is 2.44 bits per heavy atom. The number of carbonyl (C=O) groups is 1. The van der Waals surface area contributed by atoms with Crippen LogP contribution in [0, 0.1) is 6.92 Å². The Kier molecular flexibility index (Phi) is 3.33. The van der Waals surface area contributed by atoms with E-state index in [0.29, 0.717) is 11.9 Å². The molecule has 0 amide bonds. The van der Waals surface area contributed by atoms with Gasteiger partial charge in [-0.15, -0.1) is 0 Å². The molecular weight excluding hydrogens is 224 g/mol. The molecular formula is C11H14N2O2S. The van der Waals surface area contributed by atoms with E-state index in [1.165, 1.54) is 0 Å². The van der Waals surface area contributed by atoms with Crippen LogP contribution >= 0.6 is 11.8 Å². The van der Waals surface area contributed by atoms with E-state index in [0.717, 1.165) is 23.6 Å². The van der Waals surface area contributed by atoms with Gasteiger partial charge in [0, 0.05) is 17.5 Å². The second-order valence-corrected chi connectivity index (χ2v) is 5.01. The highest BCUT2D eigenvalue weighted by atomic mass is 32.2. The molecule has 2 rings (SSSR count). The van der Waals surface area contributed by atoms with E-state index in [4.69, 9.17) is 5.11 Å². The van der Waals surface area contributed by atoms with Gasteiger partial charge in [0.15, 0.2) is 0 Å². The van der Waals surface area contributed by atoms with Gasteiger partial charge in [-0.05, 0) is 31.2 Å². The third kappa shape index (κ3) is 2.47. The molecule has 1 aromatic heterocycles. The molecule has 0 radical (unpaired) electrons. The average molecular weight is 238 g/mol.